The van der Waals surface area contributed by atoms with E-state index in [0.29, 0.717) is 60.8 Å². The van der Waals surface area contributed by atoms with E-state index in [9.17, 15) is 19.1 Å². The summed E-state index contributed by atoms with van der Waals surface area (Å²) in [5.41, 5.74) is 4.09. The summed E-state index contributed by atoms with van der Waals surface area (Å²) in [7, 11) is 1.43. The zero-order chi connectivity index (χ0) is 32.2. The number of piperidine rings is 1. The minimum absolute atomic E-state index is 0.0523. The average Bonchev–Trinajstić information content (AvgIpc) is 3.74. The van der Waals surface area contributed by atoms with E-state index in [-0.39, 0.29) is 30.0 Å². The van der Waals surface area contributed by atoms with Gasteiger partial charge < -0.3 is 30.3 Å². The van der Waals surface area contributed by atoms with E-state index in [2.05, 4.69) is 25.5 Å². The van der Waals surface area contributed by atoms with Crippen LogP contribution in [0.2, 0.25) is 0 Å². The molecule has 4 aromatic rings. The molecule has 242 valence electrons. The number of aromatic nitrogens is 3. The highest BCUT2D eigenvalue weighted by Crippen LogP contribution is 2.29. The maximum Gasteiger partial charge on any atom is 0.254 e. The molecule has 2 aromatic carbocycles. The number of aliphatic hydroxyl groups excluding tert-OH is 1. The molecule has 2 aliphatic heterocycles. The van der Waals surface area contributed by atoms with Crippen LogP contribution in [0.1, 0.15) is 41.6 Å². The summed E-state index contributed by atoms with van der Waals surface area (Å²) < 4.78 is 21.3. The molecule has 0 radical (unpaired) electrons. The highest BCUT2D eigenvalue weighted by atomic mass is 19.1. The smallest absolute Gasteiger partial charge is 0.254 e. The molecule has 2 aromatic heterocycles. The van der Waals surface area contributed by atoms with Crippen LogP contribution in [0.3, 0.4) is 0 Å². The molecule has 46 heavy (non-hydrogen) atoms. The number of fused-ring (bicyclic) bond motifs is 1. The summed E-state index contributed by atoms with van der Waals surface area (Å²) in [4.78, 5) is 39.2. The Morgan fingerprint density at radius 3 is 2.59 bits per heavy atom. The van der Waals surface area contributed by atoms with Gasteiger partial charge in [-0.2, -0.15) is 0 Å². The van der Waals surface area contributed by atoms with Crippen molar-refractivity contribution in [3.8, 4) is 17.0 Å². The first-order chi connectivity index (χ1) is 22.3. The number of ether oxygens (including phenoxy) is 1. The normalized spacial score (nSPS) is 16.5. The van der Waals surface area contributed by atoms with Crippen molar-refractivity contribution in [1.82, 2.24) is 29.5 Å². The standard InChI is InChI=1S/C34H40FN7O4/c1-22-17-25(39-31-32-37-20-29(42(32)16-11-36-31)24-5-8-30(46-2)28(35)18-24)6-7-27(22)34(45)41-14-9-23(10-15-41)33(44)38-19-26(43)21-40-12-3-4-13-40/h5-8,11,16-18,20,23,26,43H,3-4,9-10,12-15,19,21H2,1-2H3,(H,36,39)(H,38,44). The lowest BCUT2D eigenvalue weighted by molar-refractivity contribution is -0.126. The summed E-state index contributed by atoms with van der Waals surface area (Å²) in [6, 6.07) is 10.3. The van der Waals surface area contributed by atoms with Gasteiger partial charge in [0.25, 0.3) is 5.91 Å². The van der Waals surface area contributed by atoms with Crippen LogP contribution in [-0.2, 0) is 4.79 Å². The molecule has 1 unspecified atom stereocenters. The summed E-state index contributed by atoms with van der Waals surface area (Å²) in [5, 5.41) is 16.5. The Labute approximate surface area is 267 Å². The number of methoxy groups -OCH3 is 1. The zero-order valence-corrected chi connectivity index (χ0v) is 26.2. The van der Waals surface area contributed by atoms with Crippen LogP contribution in [0.25, 0.3) is 16.9 Å². The zero-order valence-electron chi connectivity index (χ0n) is 26.2. The number of amides is 2. The average molecular weight is 630 g/mol. The first-order valence-corrected chi connectivity index (χ1v) is 15.8. The number of likely N-dealkylation sites (tertiary alicyclic amines) is 2. The molecule has 6 rings (SSSR count). The number of hydrogen-bond acceptors (Lipinski definition) is 8. The molecule has 11 nitrogen and oxygen atoms in total. The maximum absolute atomic E-state index is 14.4. The second kappa shape index (κ2) is 13.8. The van der Waals surface area contributed by atoms with Crippen molar-refractivity contribution in [2.24, 2.45) is 5.92 Å². The van der Waals surface area contributed by atoms with Gasteiger partial charge in [-0.15, -0.1) is 0 Å². The number of β-amino-alcohol motifs (C(OH)–C–C–N with tert-alkyl or cyclic N) is 1. The molecule has 1 atom stereocenters. The summed E-state index contributed by atoms with van der Waals surface area (Å²) in [5.74, 6) is -0.0479. The van der Waals surface area contributed by atoms with Crippen molar-refractivity contribution in [2.75, 3.05) is 51.7 Å². The fourth-order valence-corrected chi connectivity index (χ4v) is 6.37. The third-order valence-corrected chi connectivity index (χ3v) is 8.93. The topological polar surface area (TPSA) is 124 Å². The lowest BCUT2D eigenvalue weighted by Gasteiger charge is -2.32. The predicted molar refractivity (Wildman–Crippen MR) is 173 cm³/mol. The Balaban J connectivity index is 1.05. The summed E-state index contributed by atoms with van der Waals surface area (Å²) in [6.07, 6.45) is 8.01. The molecule has 0 bridgehead atoms. The molecular formula is C34H40FN7O4. The molecule has 2 saturated heterocycles. The number of carbonyl (C=O) groups excluding carboxylic acids is 2. The van der Waals surface area contributed by atoms with E-state index in [1.807, 2.05) is 23.5 Å². The lowest BCUT2D eigenvalue weighted by atomic mass is 9.95. The van der Waals surface area contributed by atoms with Crippen molar-refractivity contribution in [3.63, 3.8) is 0 Å². The molecule has 12 heteroatoms. The first kappa shape index (κ1) is 31.4. The van der Waals surface area contributed by atoms with E-state index < -0.39 is 11.9 Å². The van der Waals surface area contributed by atoms with Crippen LogP contribution in [0, 0.1) is 18.7 Å². The lowest BCUT2D eigenvalue weighted by Crippen LogP contribution is -2.45. The molecule has 4 heterocycles. The van der Waals surface area contributed by atoms with Gasteiger partial charge in [0.15, 0.2) is 23.0 Å². The summed E-state index contributed by atoms with van der Waals surface area (Å²) >= 11 is 0. The molecule has 2 fully saturated rings. The number of nitrogens with zero attached hydrogens (tertiary/aromatic N) is 5. The van der Waals surface area contributed by atoms with Crippen LogP contribution >= 0.6 is 0 Å². The van der Waals surface area contributed by atoms with Crippen LogP contribution in [0.15, 0.2) is 55.0 Å². The minimum atomic E-state index is -0.574. The number of benzene rings is 2. The Bertz CT molecular complexity index is 1710. The molecule has 0 spiro atoms. The van der Waals surface area contributed by atoms with E-state index in [1.54, 1.807) is 41.7 Å². The molecule has 2 aliphatic rings. The number of carbonyl (C=O) groups is 2. The van der Waals surface area contributed by atoms with Gasteiger partial charge in [0.2, 0.25) is 5.91 Å². The van der Waals surface area contributed by atoms with Crippen molar-refractivity contribution < 1.29 is 23.8 Å². The van der Waals surface area contributed by atoms with Gasteiger partial charge in [0, 0.05) is 61.3 Å². The Kier molecular flexibility index (Phi) is 9.46. The Hall–Kier alpha value is -4.55. The number of rotatable bonds is 10. The van der Waals surface area contributed by atoms with E-state index in [0.717, 1.165) is 37.2 Å². The number of hydrogen-bond donors (Lipinski definition) is 3. The molecule has 0 saturated carbocycles. The second-order valence-electron chi connectivity index (χ2n) is 12.1. The van der Waals surface area contributed by atoms with Gasteiger partial charge >= 0.3 is 0 Å². The van der Waals surface area contributed by atoms with E-state index >= 15 is 0 Å². The quantitative estimate of drug-likeness (QED) is 0.240. The van der Waals surface area contributed by atoms with Crippen LogP contribution in [0.5, 0.6) is 5.75 Å². The van der Waals surface area contributed by atoms with Crippen molar-refractivity contribution in [1.29, 1.82) is 0 Å². The SMILES string of the molecule is COc1ccc(-c2cnc3c(Nc4ccc(C(=O)N5CCC(C(=O)NCC(O)CN6CCCC6)CC5)c(C)c4)nccn23)cc1F. The largest absolute Gasteiger partial charge is 0.494 e. The fourth-order valence-electron chi connectivity index (χ4n) is 6.37. The number of aryl methyl sites for hydroxylation is 1. The number of nitrogens with one attached hydrogen (secondary N) is 2. The summed E-state index contributed by atoms with van der Waals surface area (Å²) in [6.45, 7) is 5.75. The predicted octanol–water partition coefficient (Wildman–Crippen LogP) is 4.02. The molecular weight excluding hydrogens is 589 g/mol. The van der Waals surface area contributed by atoms with Crippen molar-refractivity contribution in [3.05, 3.63) is 71.9 Å². The third-order valence-electron chi connectivity index (χ3n) is 8.93. The van der Waals surface area contributed by atoms with Gasteiger partial charge in [0.05, 0.1) is 25.1 Å². The van der Waals surface area contributed by atoms with Gasteiger partial charge in [-0.3, -0.25) is 14.0 Å². The number of imidazole rings is 1. The molecule has 3 N–H and O–H groups in total. The monoisotopic (exact) mass is 629 g/mol. The van der Waals surface area contributed by atoms with Crippen LogP contribution < -0.4 is 15.4 Å². The Morgan fingerprint density at radius 1 is 1.09 bits per heavy atom. The number of anilines is 2. The fraction of sp³-hybridized carbons (Fsp3) is 0.412. The van der Waals surface area contributed by atoms with Crippen molar-refractivity contribution >= 4 is 29.0 Å². The van der Waals surface area contributed by atoms with E-state index in [4.69, 9.17) is 4.74 Å². The highest BCUT2D eigenvalue weighted by molar-refractivity contribution is 5.96. The van der Waals surface area contributed by atoms with Crippen molar-refractivity contribution in [2.45, 2.75) is 38.7 Å². The second-order valence-corrected chi connectivity index (χ2v) is 12.1. The van der Waals surface area contributed by atoms with E-state index in [1.165, 1.54) is 13.2 Å². The van der Waals surface area contributed by atoms with Gasteiger partial charge in [-0.25, -0.2) is 14.4 Å². The maximum atomic E-state index is 14.4. The number of halogens is 1. The van der Waals surface area contributed by atoms with Crippen LogP contribution in [-0.4, -0.2) is 93.6 Å². The minimum Gasteiger partial charge on any atom is -0.494 e. The Morgan fingerprint density at radius 2 is 1.87 bits per heavy atom. The highest BCUT2D eigenvalue weighted by Gasteiger charge is 2.29. The van der Waals surface area contributed by atoms with Gasteiger partial charge in [0.1, 0.15) is 0 Å². The van der Waals surface area contributed by atoms with Crippen LogP contribution in [0.4, 0.5) is 15.9 Å². The molecule has 2 amide bonds. The molecule has 0 aliphatic carbocycles. The van der Waals surface area contributed by atoms with Gasteiger partial charge in [-0.05, 0) is 87.7 Å². The first-order valence-electron chi connectivity index (χ1n) is 15.8. The third kappa shape index (κ3) is 6.82. The van der Waals surface area contributed by atoms with Gasteiger partial charge in [-0.1, -0.05) is 0 Å². The number of aliphatic hydroxyl groups is 1.